The van der Waals surface area contributed by atoms with Crippen molar-refractivity contribution in [1.29, 1.82) is 0 Å². The molecule has 0 aromatic heterocycles. The van der Waals surface area contributed by atoms with Crippen molar-refractivity contribution in [2.45, 2.75) is 13.8 Å². The topological polar surface area (TPSA) is 49.4 Å². The third kappa shape index (κ3) is 4.97. The zero-order chi connectivity index (χ0) is 10.7. The Morgan fingerprint density at radius 1 is 1.40 bits per heavy atom. The smallest absolute Gasteiger partial charge is 0.546 e. The van der Waals surface area contributed by atoms with Crippen molar-refractivity contribution in [2.24, 2.45) is 0 Å². The van der Waals surface area contributed by atoms with Gasteiger partial charge in [-0.15, -0.1) is 0 Å². The van der Waals surface area contributed by atoms with Gasteiger partial charge in [0.05, 0.1) is 5.97 Å². The molecule has 0 atom stereocenters. The maximum absolute atomic E-state index is 10.2. The molecule has 76 valence electrons. The van der Waals surface area contributed by atoms with Gasteiger partial charge in [0.25, 0.3) is 0 Å². The van der Waals surface area contributed by atoms with Crippen LogP contribution in [0.15, 0.2) is 16.6 Å². The molecule has 1 aromatic rings. The Morgan fingerprint density at radius 3 is 2.27 bits per heavy atom. The Balaban J connectivity index is 0.00000196. The van der Waals surface area contributed by atoms with Gasteiger partial charge in [0, 0.05) is 4.47 Å². The molecule has 0 aliphatic rings. The van der Waals surface area contributed by atoms with E-state index >= 15 is 0 Å². The SMILES string of the molecule is Cc1cc(Br)cc(C)c1OCC(=O)[O-].[K+]. The molecule has 0 bridgehead atoms. The van der Waals surface area contributed by atoms with E-state index in [1.54, 1.807) is 0 Å². The number of hydrogen-bond acceptors (Lipinski definition) is 3. The van der Waals surface area contributed by atoms with Crippen molar-refractivity contribution in [3.05, 3.63) is 27.7 Å². The summed E-state index contributed by atoms with van der Waals surface area (Å²) in [6, 6.07) is 3.75. The molecule has 0 heterocycles. The molecule has 0 aliphatic heterocycles. The van der Waals surface area contributed by atoms with Crippen LogP contribution in [0.4, 0.5) is 0 Å². The van der Waals surface area contributed by atoms with Gasteiger partial charge in [-0.05, 0) is 37.1 Å². The predicted octanol–water partition coefficient (Wildman–Crippen LogP) is -1.80. The molecule has 15 heavy (non-hydrogen) atoms. The summed E-state index contributed by atoms with van der Waals surface area (Å²) in [5.74, 6) is -0.607. The second-order valence-electron chi connectivity index (χ2n) is 3.03. The maximum Gasteiger partial charge on any atom is 1.00 e. The number of carbonyl (C=O) groups excluding carboxylic acids is 1. The Kier molecular flexibility index (Phi) is 7.32. The second kappa shape index (κ2) is 7.03. The fourth-order valence-electron chi connectivity index (χ4n) is 1.26. The first-order valence-corrected chi connectivity index (χ1v) is 4.89. The normalized spacial score (nSPS) is 9.27. The fourth-order valence-corrected chi connectivity index (χ4v) is 1.94. The van der Waals surface area contributed by atoms with Crippen molar-refractivity contribution in [3.8, 4) is 5.75 Å². The van der Waals surface area contributed by atoms with E-state index in [2.05, 4.69) is 15.9 Å². The molecule has 0 radical (unpaired) electrons. The van der Waals surface area contributed by atoms with Gasteiger partial charge in [-0.3, -0.25) is 0 Å². The maximum atomic E-state index is 10.2. The van der Waals surface area contributed by atoms with E-state index in [0.29, 0.717) is 5.75 Å². The third-order valence-corrected chi connectivity index (χ3v) is 2.22. The third-order valence-electron chi connectivity index (χ3n) is 1.76. The number of carboxylic acid groups (broad SMARTS) is 1. The van der Waals surface area contributed by atoms with E-state index in [9.17, 15) is 9.90 Å². The predicted molar refractivity (Wildman–Crippen MR) is 54.1 cm³/mol. The first kappa shape index (κ1) is 15.6. The van der Waals surface area contributed by atoms with E-state index < -0.39 is 12.6 Å². The summed E-state index contributed by atoms with van der Waals surface area (Å²) in [6.45, 7) is 3.31. The quantitative estimate of drug-likeness (QED) is 0.619. The number of hydrogen-bond donors (Lipinski definition) is 0. The summed E-state index contributed by atoms with van der Waals surface area (Å²) in [5.41, 5.74) is 1.80. The second-order valence-corrected chi connectivity index (χ2v) is 3.95. The van der Waals surface area contributed by atoms with Crippen LogP contribution in [0, 0.1) is 13.8 Å². The average molecular weight is 297 g/mol. The van der Waals surface area contributed by atoms with E-state index in [0.717, 1.165) is 15.6 Å². The van der Waals surface area contributed by atoms with Gasteiger partial charge >= 0.3 is 51.4 Å². The van der Waals surface area contributed by atoms with Crippen LogP contribution in [0.1, 0.15) is 11.1 Å². The molecule has 5 heteroatoms. The molecule has 0 unspecified atom stereocenters. The number of rotatable bonds is 3. The Bertz CT molecular complexity index is 343. The summed E-state index contributed by atoms with van der Waals surface area (Å²) >= 11 is 3.34. The average Bonchev–Trinajstić information content (AvgIpc) is 2.01. The summed E-state index contributed by atoms with van der Waals surface area (Å²) in [4.78, 5) is 10.2. The molecular formula is C10H10BrKO3. The van der Waals surface area contributed by atoms with Gasteiger partial charge in [0.1, 0.15) is 12.4 Å². The van der Waals surface area contributed by atoms with E-state index in [1.807, 2.05) is 26.0 Å². The van der Waals surface area contributed by atoms with Crippen LogP contribution in [-0.2, 0) is 4.79 Å². The number of aliphatic carboxylic acids is 1. The number of halogens is 1. The molecule has 0 saturated heterocycles. The van der Waals surface area contributed by atoms with Crippen LogP contribution in [-0.4, -0.2) is 12.6 Å². The van der Waals surface area contributed by atoms with E-state index in [1.165, 1.54) is 0 Å². The van der Waals surface area contributed by atoms with E-state index in [4.69, 9.17) is 4.74 Å². The molecular weight excluding hydrogens is 287 g/mol. The monoisotopic (exact) mass is 296 g/mol. The van der Waals surface area contributed by atoms with Crippen LogP contribution in [0.3, 0.4) is 0 Å². The fraction of sp³-hybridized carbons (Fsp3) is 0.300. The minimum absolute atomic E-state index is 0. The number of aryl methyl sites for hydroxylation is 2. The summed E-state index contributed by atoms with van der Waals surface area (Å²) in [6.07, 6.45) is 0. The summed E-state index contributed by atoms with van der Waals surface area (Å²) in [7, 11) is 0. The Labute approximate surface area is 140 Å². The van der Waals surface area contributed by atoms with Crippen molar-refractivity contribution < 1.29 is 66.0 Å². The molecule has 0 fully saturated rings. The van der Waals surface area contributed by atoms with Crippen LogP contribution >= 0.6 is 15.9 Å². The molecule has 0 spiro atoms. The van der Waals surface area contributed by atoms with Gasteiger partial charge in [-0.25, -0.2) is 0 Å². The van der Waals surface area contributed by atoms with Crippen LogP contribution < -0.4 is 61.2 Å². The molecule has 0 saturated carbocycles. The van der Waals surface area contributed by atoms with Crippen LogP contribution in [0.25, 0.3) is 0 Å². The van der Waals surface area contributed by atoms with Crippen molar-refractivity contribution in [2.75, 3.05) is 6.61 Å². The van der Waals surface area contributed by atoms with Gasteiger partial charge < -0.3 is 14.6 Å². The number of carboxylic acids is 1. The molecule has 0 amide bonds. The van der Waals surface area contributed by atoms with Gasteiger partial charge in [-0.2, -0.15) is 0 Å². The minimum Gasteiger partial charge on any atom is -0.546 e. The van der Waals surface area contributed by atoms with Gasteiger partial charge in [0.15, 0.2) is 0 Å². The zero-order valence-electron chi connectivity index (χ0n) is 8.96. The van der Waals surface area contributed by atoms with Crippen molar-refractivity contribution in [1.82, 2.24) is 0 Å². The largest absolute Gasteiger partial charge is 1.00 e. The van der Waals surface area contributed by atoms with Gasteiger partial charge in [0.2, 0.25) is 0 Å². The first-order chi connectivity index (χ1) is 6.50. The molecule has 1 rings (SSSR count). The van der Waals surface area contributed by atoms with Crippen LogP contribution in [0.2, 0.25) is 0 Å². The van der Waals surface area contributed by atoms with Crippen molar-refractivity contribution in [3.63, 3.8) is 0 Å². The van der Waals surface area contributed by atoms with Gasteiger partial charge in [-0.1, -0.05) is 15.9 Å². The van der Waals surface area contributed by atoms with Crippen LogP contribution in [0.5, 0.6) is 5.75 Å². The van der Waals surface area contributed by atoms with Crippen molar-refractivity contribution >= 4 is 21.9 Å². The molecule has 0 N–H and O–H groups in total. The molecule has 1 aromatic carbocycles. The number of benzene rings is 1. The number of carbonyl (C=O) groups is 1. The van der Waals surface area contributed by atoms with E-state index in [-0.39, 0.29) is 51.4 Å². The number of ether oxygens (including phenoxy) is 1. The molecule has 3 nitrogen and oxygen atoms in total. The summed E-state index contributed by atoms with van der Waals surface area (Å²) in [5, 5.41) is 10.2. The Hall–Kier alpha value is 0.606. The minimum atomic E-state index is -1.22. The summed E-state index contributed by atoms with van der Waals surface area (Å²) < 4.78 is 6.05. The molecule has 0 aliphatic carbocycles. The first-order valence-electron chi connectivity index (χ1n) is 4.10. The standard InChI is InChI=1S/C10H11BrO3.K/c1-6-3-8(11)4-7(2)10(6)14-5-9(12)13;/h3-4H,5H2,1-2H3,(H,12,13);/q;+1/p-1. The Morgan fingerprint density at radius 2 is 1.87 bits per heavy atom. The zero-order valence-corrected chi connectivity index (χ0v) is 13.7.